The number of hydrogen-bond acceptors (Lipinski definition) is 5. The number of phenols is 1. The highest BCUT2D eigenvalue weighted by Gasteiger charge is 2.21. The second-order valence-corrected chi connectivity index (χ2v) is 16.1. The van der Waals surface area contributed by atoms with Gasteiger partial charge < -0.3 is 5.11 Å². The fourth-order valence-corrected chi connectivity index (χ4v) is 5.82. The lowest BCUT2D eigenvalue weighted by Crippen LogP contribution is -2.19. The molecule has 1 N–H and O–H groups in total. The first kappa shape index (κ1) is 44.0. The van der Waals surface area contributed by atoms with Crippen molar-refractivity contribution in [2.75, 3.05) is 0 Å². The quantitative estimate of drug-likeness (QED) is 0.0932. The van der Waals surface area contributed by atoms with Crippen molar-refractivity contribution >= 4 is 29.2 Å². The molecule has 5 heteroatoms. The molecule has 0 aromatic heterocycles. The van der Waals surface area contributed by atoms with Gasteiger partial charge in [-0.15, -0.1) is 0 Å². The zero-order valence-electron chi connectivity index (χ0n) is 33.1. The van der Waals surface area contributed by atoms with Gasteiger partial charge in [0.05, 0.1) is 0 Å². The molecule has 5 nitrogen and oxygen atoms in total. The molecule has 0 aliphatic rings. The van der Waals surface area contributed by atoms with Gasteiger partial charge in [0.15, 0.2) is 11.6 Å². The molecule has 0 aliphatic carbocycles. The van der Waals surface area contributed by atoms with Crippen molar-refractivity contribution in [1.82, 2.24) is 0 Å². The monoisotopic (exact) mass is 708 g/mol. The summed E-state index contributed by atoms with van der Waals surface area (Å²) in [6.45, 7) is 17.6. The molecule has 0 radical (unpaired) electrons. The molecule has 0 spiro atoms. The Morgan fingerprint density at radius 3 is 1.42 bits per heavy atom. The number of hydrogen-bond donors (Lipinski definition) is 1. The summed E-state index contributed by atoms with van der Waals surface area (Å²) >= 11 is 0. The van der Waals surface area contributed by atoms with Crippen LogP contribution in [0, 0.1) is 17.8 Å². The maximum Gasteiger partial charge on any atom is 0.162 e. The molecule has 0 fully saturated rings. The molecule has 0 atom stereocenters. The molecule has 0 saturated carbocycles. The second kappa shape index (κ2) is 22.1. The highest BCUT2D eigenvalue weighted by molar-refractivity contribution is 5.96. The van der Waals surface area contributed by atoms with Gasteiger partial charge in [-0.2, -0.15) is 0 Å². The van der Waals surface area contributed by atoms with Crippen molar-refractivity contribution in [2.24, 2.45) is 10.8 Å². The molecule has 0 amide bonds. The van der Waals surface area contributed by atoms with Crippen LogP contribution in [0.5, 0.6) is 5.75 Å². The van der Waals surface area contributed by atoms with E-state index in [2.05, 4.69) is 6.58 Å². The van der Waals surface area contributed by atoms with E-state index in [-0.39, 0.29) is 28.1 Å². The fraction of sp³-hybridized carbons (Fsp3) is 0.489. The Labute approximate surface area is 314 Å². The van der Waals surface area contributed by atoms with E-state index in [0.29, 0.717) is 37.2 Å². The lowest BCUT2D eigenvalue weighted by molar-refractivity contribution is -0.127. The van der Waals surface area contributed by atoms with Gasteiger partial charge in [-0.25, -0.2) is 0 Å². The summed E-state index contributed by atoms with van der Waals surface area (Å²) in [4.78, 5) is 48.1. The van der Waals surface area contributed by atoms with Gasteiger partial charge in [-0.3, -0.25) is 19.2 Å². The predicted molar refractivity (Wildman–Crippen MR) is 216 cm³/mol. The van der Waals surface area contributed by atoms with E-state index in [1.165, 1.54) is 11.1 Å². The van der Waals surface area contributed by atoms with Crippen LogP contribution in [0.4, 0.5) is 0 Å². The smallest absolute Gasteiger partial charge is 0.162 e. The molecule has 0 heterocycles. The van der Waals surface area contributed by atoms with Crippen LogP contribution in [0.2, 0.25) is 0 Å². The Morgan fingerprint density at radius 1 is 0.577 bits per heavy atom. The predicted octanol–water partition coefficient (Wildman–Crippen LogP) is 12.1. The maximum atomic E-state index is 12.4. The van der Waals surface area contributed by atoms with Gasteiger partial charge >= 0.3 is 0 Å². The molecule has 3 rings (SSSR count). The number of Topliss-reactive ketones (excluding diaryl/α,β-unsaturated/α-hetero) is 4. The first-order valence-electron chi connectivity index (χ1n) is 19.2. The average molecular weight is 709 g/mol. The van der Waals surface area contributed by atoms with E-state index in [4.69, 9.17) is 0 Å². The van der Waals surface area contributed by atoms with E-state index in [0.717, 1.165) is 86.5 Å². The van der Waals surface area contributed by atoms with Gasteiger partial charge in [-0.1, -0.05) is 146 Å². The van der Waals surface area contributed by atoms with Gasteiger partial charge in [0, 0.05) is 53.2 Å². The second-order valence-electron chi connectivity index (χ2n) is 16.1. The molecule has 3 aromatic rings. The third-order valence-electron chi connectivity index (χ3n) is 9.50. The summed E-state index contributed by atoms with van der Waals surface area (Å²) < 4.78 is 0. The summed E-state index contributed by atoms with van der Waals surface area (Å²) in [6.07, 6.45) is 13.5. The summed E-state index contributed by atoms with van der Waals surface area (Å²) in [5.74, 6) is 1.31. The van der Waals surface area contributed by atoms with Crippen LogP contribution >= 0.6 is 0 Å². The topological polar surface area (TPSA) is 88.5 Å². The molecule has 52 heavy (non-hydrogen) atoms. The number of unbranched alkanes of at least 4 members (excludes halogenated alkanes) is 6. The molecule has 0 saturated heterocycles. The zero-order chi connectivity index (χ0) is 38.7. The summed E-state index contributed by atoms with van der Waals surface area (Å²) in [7, 11) is 0. The third kappa shape index (κ3) is 16.5. The number of benzene rings is 3. The molecule has 282 valence electrons. The number of aromatic hydroxyl groups is 1. The van der Waals surface area contributed by atoms with Crippen molar-refractivity contribution in [3.05, 3.63) is 107 Å². The summed E-state index contributed by atoms with van der Waals surface area (Å²) in [5, 5.41) is 9.94. The first-order valence-corrected chi connectivity index (χ1v) is 19.2. The number of rotatable bonds is 20. The molecule has 0 bridgehead atoms. The SMILES string of the molecule is C=Cc1c(O)cccc1CCc1ccc(C(=O)CCCCCCC(=O)C(C)(C)C)cc1.Cc1ccc(C(=O)CCCCCCC(=O)C(C)(C)C)cc1. The molecular weight excluding hydrogens is 645 g/mol. The normalized spacial score (nSPS) is 11.4. The van der Waals surface area contributed by atoms with Crippen molar-refractivity contribution < 1.29 is 24.3 Å². The molecular formula is C47H64O5. The highest BCUT2D eigenvalue weighted by Crippen LogP contribution is 2.24. The van der Waals surface area contributed by atoms with Crippen molar-refractivity contribution in [3.8, 4) is 5.75 Å². The minimum atomic E-state index is -0.251. The van der Waals surface area contributed by atoms with Gasteiger partial charge in [0.2, 0.25) is 0 Å². The van der Waals surface area contributed by atoms with Crippen LogP contribution in [-0.4, -0.2) is 28.2 Å². The zero-order valence-corrected chi connectivity index (χ0v) is 33.1. The summed E-state index contributed by atoms with van der Waals surface area (Å²) in [6, 6.07) is 21.1. The number of ketones is 4. The van der Waals surface area contributed by atoms with Crippen LogP contribution in [0.3, 0.4) is 0 Å². The highest BCUT2D eigenvalue weighted by atomic mass is 16.3. The number of carbonyl (C=O) groups is 4. The van der Waals surface area contributed by atoms with E-state index in [1.54, 1.807) is 12.1 Å². The molecule has 0 aliphatic heterocycles. The Hall–Kier alpha value is -4.12. The minimum Gasteiger partial charge on any atom is -0.507 e. The molecule has 3 aromatic carbocycles. The lowest BCUT2D eigenvalue weighted by atomic mass is 9.87. The van der Waals surface area contributed by atoms with Crippen LogP contribution < -0.4 is 0 Å². The lowest BCUT2D eigenvalue weighted by Gasteiger charge is -2.16. The summed E-state index contributed by atoms with van der Waals surface area (Å²) in [5.41, 5.74) is 5.30. The van der Waals surface area contributed by atoms with Crippen LogP contribution in [0.1, 0.15) is 162 Å². The average Bonchev–Trinajstić information content (AvgIpc) is 3.09. The van der Waals surface area contributed by atoms with Gasteiger partial charge in [0.1, 0.15) is 17.3 Å². The van der Waals surface area contributed by atoms with Crippen molar-refractivity contribution in [3.63, 3.8) is 0 Å². The fourth-order valence-electron chi connectivity index (χ4n) is 5.82. The Balaban J connectivity index is 0.000000389. The number of aryl methyl sites for hydroxylation is 3. The van der Waals surface area contributed by atoms with Crippen molar-refractivity contribution in [2.45, 2.75) is 138 Å². The first-order chi connectivity index (χ1) is 24.5. The third-order valence-corrected chi connectivity index (χ3v) is 9.50. The van der Waals surface area contributed by atoms with Crippen molar-refractivity contribution in [1.29, 1.82) is 0 Å². The van der Waals surface area contributed by atoms with Crippen LogP contribution in [0.25, 0.3) is 6.08 Å². The van der Waals surface area contributed by atoms with Gasteiger partial charge in [0.25, 0.3) is 0 Å². The Bertz CT molecular complexity index is 1580. The van der Waals surface area contributed by atoms with E-state index in [1.807, 2.05) is 109 Å². The largest absolute Gasteiger partial charge is 0.507 e. The van der Waals surface area contributed by atoms with E-state index >= 15 is 0 Å². The number of carbonyl (C=O) groups excluding carboxylic acids is 4. The standard InChI is InChI=1S/C28H36O3.C19H28O2/c1-5-24-22(11-10-13-26(24)30)18-15-21-16-19-23(20-17-21)25(29)12-8-6-7-9-14-27(31)28(2,3)4;1-15-11-13-16(14-12-15)17(20)9-7-5-6-8-10-18(21)19(2,3)4/h5,10-11,13,16-17,19-20,30H,1,6-9,12,14-15,18H2,2-4H3;11-14H,5-10H2,1-4H3. The Morgan fingerprint density at radius 2 is 1.00 bits per heavy atom. The number of phenolic OH excluding ortho intramolecular Hbond substituents is 1. The van der Waals surface area contributed by atoms with Crippen LogP contribution in [0.15, 0.2) is 73.3 Å². The van der Waals surface area contributed by atoms with Gasteiger partial charge in [-0.05, 0) is 62.6 Å². The molecule has 0 unspecified atom stereocenters. The Kier molecular flexibility index (Phi) is 18.7. The van der Waals surface area contributed by atoms with E-state index < -0.39 is 0 Å². The minimum absolute atomic E-state index is 0.180. The maximum absolute atomic E-state index is 12.4. The van der Waals surface area contributed by atoms with E-state index in [9.17, 15) is 24.3 Å². The van der Waals surface area contributed by atoms with Crippen LogP contribution in [-0.2, 0) is 22.4 Å².